The van der Waals surface area contributed by atoms with Gasteiger partial charge in [-0.2, -0.15) is 0 Å². The molecule has 1 N–H and O–H groups in total. The molecule has 7 nitrogen and oxygen atoms in total. The predicted molar refractivity (Wildman–Crippen MR) is 91.3 cm³/mol. The molecule has 0 bridgehead atoms. The highest BCUT2D eigenvalue weighted by molar-refractivity contribution is 9.10. The van der Waals surface area contributed by atoms with Crippen LogP contribution in [0.4, 0.5) is 15.8 Å². The summed E-state index contributed by atoms with van der Waals surface area (Å²) in [6.45, 7) is 1.40. The molecule has 0 radical (unpaired) electrons. The second-order valence-corrected chi connectivity index (χ2v) is 5.89. The van der Waals surface area contributed by atoms with Crippen molar-refractivity contribution in [1.29, 1.82) is 0 Å². The Kier molecular flexibility index (Phi) is 5.81. The summed E-state index contributed by atoms with van der Waals surface area (Å²) in [5, 5.41) is 13.1. The van der Waals surface area contributed by atoms with Gasteiger partial charge < -0.3 is 10.1 Å². The van der Waals surface area contributed by atoms with Gasteiger partial charge in [-0.15, -0.1) is 0 Å². The van der Waals surface area contributed by atoms with Crippen molar-refractivity contribution in [2.24, 2.45) is 0 Å². The smallest absolute Gasteiger partial charge is 0.270 e. The van der Waals surface area contributed by atoms with Crippen LogP contribution in [0, 0.1) is 15.9 Å². The lowest BCUT2D eigenvalue weighted by Gasteiger charge is -2.16. The first-order valence-corrected chi connectivity index (χ1v) is 7.77. The molecule has 0 unspecified atom stereocenters. The third kappa shape index (κ3) is 4.60. The number of anilines is 1. The van der Waals surface area contributed by atoms with E-state index in [1.165, 1.54) is 25.1 Å². The molecule has 130 valence electrons. The molecule has 0 fully saturated rings. The SMILES string of the molecule is C[C@@H](Oc1ccc([N+](=O)[O-])cc1C=O)C(=O)Nc1ccc(Br)cc1F. The molecule has 1 amide bonds. The molecule has 0 aromatic heterocycles. The van der Waals surface area contributed by atoms with Crippen LogP contribution in [0.5, 0.6) is 5.75 Å². The van der Waals surface area contributed by atoms with Crippen LogP contribution in [0.15, 0.2) is 40.9 Å². The van der Waals surface area contributed by atoms with E-state index in [0.29, 0.717) is 10.8 Å². The van der Waals surface area contributed by atoms with Gasteiger partial charge in [0.25, 0.3) is 11.6 Å². The van der Waals surface area contributed by atoms with Gasteiger partial charge in [0.15, 0.2) is 12.4 Å². The van der Waals surface area contributed by atoms with E-state index in [2.05, 4.69) is 21.2 Å². The standard InChI is InChI=1S/C16H12BrFN2O5/c1-9(16(22)19-14-4-2-11(17)7-13(14)18)25-15-5-3-12(20(23)24)6-10(15)8-21/h2-9H,1H3,(H,19,22)/t9-/m1/s1. The predicted octanol–water partition coefficient (Wildman–Crippen LogP) is 3.71. The molecule has 0 heterocycles. The van der Waals surface area contributed by atoms with E-state index in [4.69, 9.17) is 4.74 Å². The molecule has 1 atom stereocenters. The molecular weight excluding hydrogens is 399 g/mol. The highest BCUT2D eigenvalue weighted by Gasteiger charge is 2.19. The number of rotatable bonds is 6. The number of non-ortho nitro benzene ring substituents is 1. The van der Waals surface area contributed by atoms with Crippen molar-refractivity contribution < 1.29 is 23.6 Å². The first-order chi connectivity index (χ1) is 11.8. The Morgan fingerprint density at radius 2 is 2.08 bits per heavy atom. The monoisotopic (exact) mass is 410 g/mol. The number of nitrogens with one attached hydrogen (secondary N) is 1. The molecular formula is C16H12BrFN2O5. The molecule has 0 saturated carbocycles. The van der Waals surface area contributed by atoms with E-state index < -0.39 is 22.8 Å². The Bertz CT molecular complexity index is 843. The van der Waals surface area contributed by atoms with Crippen molar-refractivity contribution in [2.75, 3.05) is 5.32 Å². The van der Waals surface area contributed by atoms with Gasteiger partial charge in [-0.05, 0) is 31.2 Å². The quantitative estimate of drug-likeness (QED) is 0.444. The summed E-state index contributed by atoms with van der Waals surface area (Å²) in [5.41, 5.74) is -0.366. The van der Waals surface area contributed by atoms with Gasteiger partial charge in [0.2, 0.25) is 0 Å². The summed E-state index contributed by atoms with van der Waals surface area (Å²) in [4.78, 5) is 33.2. The van der Waals surface area contributed by atoms with Gasteiger partial charge in [0, 0.05) is 16.6 Å². The number of ether oxygens (including phenoxy) is 1. The lowest BCUT2D eigenvalue weighted by atomic mass is 10.2. The summed E-state index contributed by atoms with van der Waals surface area (Å²) in [7, 11) is 0. The topological polar surface area (TPSA) is 98.5 Å². The Morgan fingerprint density at radius 3 is 2.68 bits per heavy atom. The van der Waals surface area contributed by atoms with Crippen molar-refractivity contribution in [2.45, 2.75) is 13.0 Å². The molecule has 0 aliphatic carbocycles. The fraction of sp³-hybridized carbons (Fsp3) is 0.125. The fourth-order valence-electron chi connectivity index (χ4n) is 1.92. The van der Waals surface area contributed by atoms with E-state index in [9.17, 15) is 24.1 Å². The Balaban J connectivity index is 2.13. The van der Waals surface area contributed by atoms with Gasteiger partial charge >= 0.3 is 0 Å². The van der Waals surface area contributed by atoms with E-state index in [1.54, 1.807) is 6.07 Å². The summed E-state index contributed by atoms with van der Waals surface area (Å²) >= 11 is 3.11. The van der Waals surface area contributed by atoms with E-state index in [1.807, 2.05) is 0 Å². The average Bonchev–Trinajstić information content (AvgIpc) is 2.57. The van der Waals surface area contributed by atoms with Gasteiger partial charge in [0.05, 0.1) is 16.2 Å². The third-order valence-electron chi connectivity index (χ3n) is 3.19. The Labute approximate surface area is 150 Å². The number of benzene rings is 2. The number of nitrogens with zero attached hydrogens (tertiary/aromatic N) is 1. The molecule has 0 aliphatic heterocycles. The van der Waals surface area contributed by atoms with E-state index >= 15 is 0 Å². The minimum Gasteiger partial charge on any atom is -0.480 e. The summed E-state index contributed by atoms with van der Waals surface area (Å²) in [6, 6.07) is 7.56. The molecule has 2 aromatic carbocycles. The van der Waals surface area contributed by atoms with Crippen LogP contribution < -0.4 is 10.1 Å². The second kappa shape index (κ2) is 7.84. The number of hydrogen-bond donors (Lipinski definition) is 1. The molecule has 0 aliphatic rings. The van der Waals surface area contributed by atoms with Gasteiger partial charge in [0.1, 0.15) is 11.6 Å². The maximum atomic E-state index is 13.7. The first-order valence-electron chi connectivity index (χ1n) is 6.98. The van der Waals surface area contributed by atoms with Crippen molar-refractivity contribution in [3.05, 3.63) is 62.4 Å². The fourth-order valence-corrected chi connectivity index (χ4v) is 2.25. The maximum Gasteiger partial charge on any atom is 0.270 e. The molecule has 2 aromatic rings. The number of hydrogen-bond acceptors (Lipinski definition) is 5. The van der Waals surface area contributed by atoms with Gasteiger partial charge in [-0.1, -0.05) is 15.9 Å². The number of halogens is 2. The zero-order chi connectivity index (χ0) is 18.6. The second-order valence-electron chi connectivity index (χ2n) is 4.97. The van der Waals surface area contributed by atoms with Crippen LogP contribution in [0.25, 0.3) is 0 Å². The molecule has 25 heavy (non-hydrogen) atoms. The van der Waals surface area contributed by atoms with Crippen LogP contribution in [-0.4, -0.2) is 23.2 Å². The van der Waals surface area contributed by atoms with Gasteiger partial charge in [-0.3, -0.25) is 19.7 Å². The molecule has 2 rings (SSSR count). The summed E-state index contributed by atoms with van der Waals surface area (Å²) < 4.78 is 19.6. The minimum absolute atomic E-state index is 0.0135. The third-order valence-corrected chi connectivity index (χ3v) is 3.69. The van der Waals surface area contributed by atoms with Gasteiger partial charge in [-0.25, -0.2) is 4.39 Å². The number of carbonyl (C=O) groups excluding carboxylic acids is 2. The van der Waals surface area contributed by atoms with Crippen molar-refractivity contribution in [1.82, 2.24) is 0 Å². The molecule has 0 saturated heterocycles. The highest BCUT2D eigenvalue weighted by Crippen LogP contribution is 2.24. The maximum absolute atomic E-state index is 13.7. The van der Waals surface area contributed by atoms with Crippen LogP contribution >= 0.6 is 15.9 Å². The normalized spacial score (nSPS) is 11.5. The van der Waals surface area contributed by atoms with Crippen molar-refractivity contribution in [3.8, 4) is 5.75 Å². The van der Waals surface area contributed by atoms with Crippen LogP contribution in [0.3, 0.4) is 0 Å². The van der Waals surface area contributed by atoms with Crippen molar-refractivity contribution >= 4 is 39.5 Å². The Morgan fingerprint density at radius 1 is 1.36 bits per heavy atom. The number of nitro benzene ring substituents is 1. The first kappa shape index (κ1) is 18.5. The highest BCUT2D eigenvalue weighted by atomic mass is 79.9. The van der Waals surface area contributed by atoms with E-state index in [0.717, 1.165) is 12.1 Å². The Hall–Kier alpha value is -2.81. The van der Waals surface area contributed by atoms with Crippen LogP contribution in [0.1, 0.15) is 17.3 Å². The number of nitro groups is 1. The summed E-state index contributed by atoms with van der Waals surface area (Å²) in [5.74, 6) is -1.25. The molecule has 9 heteroatoms. The van der Waals surface area contributed by atoms with Crippen LogP contribution in [0.2, 0.25) is 0 Å². The number of aldehydes is 1. The number of amides is 1. The largest absolute Gasteiger partial charge is 0.480 e. The minimum atomic E-state index is -1.07. The zero-order valence-electron chi connectivity index (χ0n) is 12.9. The van der Waals surface area contributed by atoms with Crippen molar-refractivity contribution in [3.63, 3.8) is 0 Å². The average molecular weight is 411 g/mol. The van der Waals surface area contributed by atoms with Crippen LogP contribution in [-0.2, 0) is 4.79 Å². The zero-order valence-corrected chi connectivity index (χ0v) is 14.4. The lowest BCUT2D eigenvalue weighted by Crippen LogP contribution is -2.30. The van der Waals surface area contributed by atoms with E-state index in [-0.39, 0.29) is 22.7 Å². The number of carbonyl (C=O) groups is 2. The molecule has 0 spiro atoms. The lowest BCUT2D eigenvalue weighted by molar-refractivity contribution is -0.384. The summed E-state index contributed by atoms with van der Waals surface area (Å²) in [6.07, 6.45) is -0.676.